The molecule has 4 aromatic rings. The lowest BCUT2D eigenvalue weighted by atomic mass is 10.1. The van der Waals surface area contributed by atoms with E-state index in [1.165, 1.54) is 22.3 Å². The van der Waals surface area contributed by atoms with Crippen molar-refractivity contribution in [1.29, 1.82) is 0 Å². The highest BCUT2D eigenvalue weighted by molar-refractivity contribution is 7.21. The highest BCUT2D eigenvalue weighted by Crippen LogP contribution is 2.34. The van der Waals surface area contributed by atoms with E-state index < -0.39 is 0 Å². The number of amides is 1. The minimum Gasteiger partial charge on any atom is -0.380 e. The largest absolute Gasteiger partial charge is 0.380 e. The van der Waals surface area contributed by atoms with E-state index in [0.717, 1.165) is 26.7 Å². The average Bonchev–Trinajstić information content (AvgIpc) is 3.41. The Morgan fingerprint density at radius 3 is 2.86 bits per heavy atom. The fourth-order valence-electron chi connectivity index (χ4n) is 3.14. The van der Waals surface area contributed by atoms with Gasteiger partial charge in [-0.05, 0) is 37.6 Å². The van der Waals surface area contributed by atoms with Crippen LogP contribution in [0.25, 0.3) is 20.7 Å². The number of methoxy groups -OCH3 is 1. The number of ether oxygens (including phenoxy) is 1. The minimum absolute atomic E-state index is 0.190. The van der Waals surface area contributed by atoms with Gasteiger partial charge in [-0.1, -0.05) is 6.07 Å². The highest BCUT2D eigenvalue weighted by Gasteiger charge is 2.20. The van der Waals surface area contributed by atoms with E-state index >= 15 is 0 Å². The molecule has 0 unspecified atom stereocenters. The second kappa shape index (κ2) is 8.71. The predicted octanol–water partition coefficient (Wildman–Crippen LogP) is 5.65. The molecule has 0 aliphatic rings. The summed E-state index contributed by atoms with van der Waals surface area (Å²) in [7, 11) is 1.55. The maximum Gasteiger partial charge on any atom is 0.261 e. The summed E-state index contributed by atoms with van der Waals surface area (Å²) < 4.78 is 20.3. The Hall–Kier alpha value is -2.13. The quantitative estimate of drug-likeness (QED) is 0.399. The van der Waals surface area contributed by atoms with Crippen LogP contribution >= 0.6 is 34.0 Å². The maximum atomic E-state index is 14.3. The first-order valence-electron chi connectivity index (χ1n) is 9.05. The Kier molecular flexibility index (Phi) is 6.05. The Morgan fingerprint density at radius 1 is 1.24 bits per heavy atom. The number of thiophene rings is 2. The number of carbonyl (C=O) groups excluding carboxylic acids is 1. The SMILES string of the molecule is COCc1c(C(=O)NCCc2ccc(-c3csc(C)n3)s2)sc2cccc(F)c12. The molecule has 0 saturated heterocycles. The molecule has 8 heteroatoms. The van der Waals surface area contributed by atoms with Gasteiger partial charge in [0.25, 0.3) is 5.91 Å². The molecule has 4 rings (SSSR count). The van der Waals surface area contributed by atoms with Crippen molar-refractivity contribution in [2.75, 3.05) is 13.7 Å². The number of nitrogens with zero attached hydrogens (tertiary/aromatic N) is 1. The van der Waals surface area contributed by atoms with Gasteiger partial charge in [0, 0.05) is 39.6 Å². The number of hydrogen-bond acceptors (Lipinski definition) is 6. The van der Waals surface area contributed by atoms with Crippen molar-refractivity contribution in [2.24, 2.45) is 0 Å². The van der Waals surface area contributed by atoms with Crippen molar-refractivity contribution < 1.29 is 13.9 Å². The van der Waals surface area contributed by atoms with E-state index in [-0.39, 0.29) is 18.3 Å². The molecule has 0 radical (unpaired) electrons. The van der Waals surface area contributed by atoms with Crippen LogP contribution < -0.4 is 5.32 Å². The van der Waals surface area contributed by atoms with Crippen LogP contribution in [0, 0.1) is 12.7 Å². The molecule has 0 atom stereocenters. The third kappa shape index (κ3) is 4.25. The van der Waals surface area contributed by atoms with Gasteiger partial charge in [0.05, 0.1) is 27.1 Å². The molecule has 150 valence electrons. The zero-order chi connectivity index (χ0) is 20.4. The number of fused-ring (bicyclic) bond motifs is 1. The van der Waals surface area contributed by atoms with Crippen LogP contribution in [0.3, 0.4) is 0 Å². The van der Waals surface area contributed by atoms with Crippen LogP contribution in [-0.2, 0) is 17.8 Å². The third-order valence-electron chi connectivity index (χ3n) is 4.45. The number of carbonyl (C=O) groups is 1. The summed E-state index contributed by atoms with van der Waals surface area (Å²) in [5.41, 5.74) is 1.62. The summed E-state index contributed by atoms with van der Waals surface area (Å²) in [5.74, 6) is -0.516. The van der Waals surface area contributed by atoms with Gasteiger partial charge in [-0.15, -0.1) is 34.0 Å². The van der Waals surface area contributed by atoms with Crippen LogP contribution in [-0.4, -0.2) is 24.5 Å². The molecular formula is C21H19FN2O2S3. The van der Waals surface area contributed by atoms with Crippen LogP contribution in [0.5, 0.6) is 0 Å². The lowest BCUT2D eigenvalue weighted by Gasteiger charge is -2.06. The molecule has 3 heterocycles. The topological polar surface area (TPSA) is 51.2 Å². The van der Waals surface area contributed by atoms with Crippen molar-refractivity contribution >= 4 is 50.0 Å². The Morgan fingerprint density at radius 2 is 2.10 bits per heavy atom. The molecule has 1 amide bonds. The van der Waals surface area contributed by atoms with E-state index in [9.17, 15) is 9.18 Å². The molecule has 3 aromatic heterocycles. The lowest BCUT2D eigenvalue weighted by molar-refractivity contribution is 0.0954. The lowest BCUT2D eigenvalue weighted by Crippen LogP contribution is -2.25. The molecule has 0 saturated carbocycles. The molecule has 0 fully saturated rings. The molecule has 1 N–H and O–H groups in total. The molecule has 0 aliphatic heterocycles. The third-order valence-corrected chi connectivity index (χ3v) is 7.59. The van der Waals surface area contributed by atoms with Gasteiger partial charge >= 0.3 is 0 Å². The van der Waals surface area contributed by atoms with Crippen molar-refractivity contribution in [3.8, 4) is 10.6 Å². The van der Waals surface area contributed by atoms with Crippen LogP contribution in [0.2, 0.25) is 0 Å². The van der Waals surface area contributed by atoms with Crippen molar-refractivity contribution in [3.63, 3.8) is 0 Å². The first-order valence-corrected chi connectivity index (χ1v) is 11.6. The van der Waals surface area contributed by atoms with E-state index in [0.29, 0.717) is 22.4 Å². The Labute approximate surface area is 180 Å². The van der Waals surface area contributed by atoms with Gasteiger partial charge in [0.15, 0.2) is 0 Å². The first kappa shape index (κ1) is 20.2. The van der Waals surface area contributed by atoms with E-state index in [1.54, 1.807) is 35.8 Å². The van der Waals surface area contributed by atoms with E-state index in [2.05, 4.69) is 27.8 Å². The van der Waals surface area contributed by atoms with Gasteiger partial charge in [-0.3, -0.25) is 4.79 Å². The summed E-state index contributed by atoms with van der Waals surface area (Å²) in [6.07, 6.45) is 0.735. The van der Waals surface area contributed by atoms with E-state index in [1.807, 2.05) is 13.0 Å². The smallest absolute Gasteiger partial charge is 0.261 e. The van der Waals surface area contributed by atoms with Crippen LogP contribution in [0.1, 0.15) is 25.1 Å². The number of benzene rings is 1. The molecule has 4 nitrogen and oxygen atoms in total. The number of hydrogen-bond donors (Lipinski definition) is 1. The van der Waals surface area contributed by atoms with Crippen molar-refractivity contribution in [2.45, 2.75) is 20.0 Å². The van der Waals surface area contributed by atoms with E-state index in [4.69, 9.17) is 4.74 Å². The molecular weight excluding hydrogens is 427 g/mol. The second-order valence-electron chi connectivity index (χ2n) is 6.48. The normalized spacial score (nSPS) is 11.3. The number of nitrogens with one attached hydrogen (secondary N) is 1. The van der Waals surface area contributed by atoms with Crippen molar-refractivity contribution in [1.82, 2.24) is 10.3 Å². The summed E-state index contributed by atoms with van der Waals surface area (Å²) >= 11 is 4.63. The highest BCUT2D eigenvalue weighted by atomic mass is 32.1. The van der Waals surface area contributed by atoms with Gasteiger partial charge in [-0.2, -0.15) is 0 Å². The number of aromatic nitrogens is 1. The van der Waals surface area contributed by atoms with Crippen LogP contribution in [0.15, 0.2) is 35.7 Å². The van der Waals surface area contributed by atoms with Crippen LogP contribution in [0.4, 0.5) is 4.39 Å². The maximum absolute atomic E-state index is 14.3. The molecule has 29 heavy (non-hydrogen) atoms. The molecule has 0 spiro atoms. The number of rotatable bonds is 7. The Bertz CT molecular complexity index is 1160. The standard InChI is InChI=1S/C21H19FN2O2S3/c1-12-24-16(11-27-12)17-7-6-13(28-17)8-9-23-21(25)20-14(10-26-2)19-15(22)4-3-5-18(19)29-20/h3-7,11H,8-10H2,1-2H3,(H,23,25). The zero-order valence-electron chi connectivity index (χ0n) is 16.0. The first-order chi connectivity index (χ1) is 14.1. The average molecular weight is 447 g/mol. The minimum atomic E-state index is -0.326. The van der Waals surface area contributed by atoms with Gasteiger partial charge in [0.1, 0.15) is 5.82 Å². The zero-order valence-corrected chi connectivity index (χ0v) is 18.4. The number of thiazole rings is 1. The molecule has 0 bridgehead atoms. The summed E-state index contributed by atoms with van der Waals surface area (Å²) in [4.78, 5) is 20.1. The molecule has 0 aliphatic carbocycles. The second-order valence-corrected chi connectivity index (χ2v) is 9.76. The fraction of sp³-hybridized carbons (Fsp3) is 0.238. The summed E-state index contributed by atoms with van der Waals surface area (Å²) in [6, 6.07) is 9.04. The van der Waals surface area contributed by atoms with Gasteiger partial charge < -0.3 is 10.1 Å². The van der Waals surface area contributed by atoms with Gasteiger partial charge in [0.2, 0.25) is 0 Å². The number of aryl methyl sites for hydroxylation is 1. The molecule has 1 aromatic carbocycles. The fourth-order valence-corrected chi connectivity index (χ4v) is 5.93. The summed E-state index contributed by atoms with van der Waals surface area (Å²) in [5, 5.41) is 6.55. The van der Waals surface area contributed by atoms with Crippen molar-refractivity contribution in [3.05, 3.63) is 61.9 Å². The number of halogens is 1. The van der Waals surface area contributed by atoms with Gasteiger partial charge in [-0.25, -0.2) is 9.37 Å². The summed E-state index contributed by atoms with van der Waals surface area (Å²) in [6.45, 7) is 2.71. The Balaban J connectivity index is 1.44. The predicted molar refractivity (Wildman–Crippen MR) is 119 cm³/mol. The monoisotopic (exact) mass is 446 g/mol.